The molecular formula is C21H26N2O3S. The highest BCUT2D eigenvalue weighted by Crippen LogP contribution is 2.23. The van der Waals surface area contributed by atoms with E-state index in [1.807, 2.05) is 19.1 Å². The fraction of sp³-hybridized carbons (Fsp3) is 0.381. The van der Waals surface area contributed by atoms with Gasteiger partial charge in [0.05, 0.1) is 10.9 Å². The summed E-state index contributed by atoms with van der Waals surface area (Å²) >= 11 is 0. The standard InChI is InChI=1S/C21H26N2O3S/c1-4-16-6-8-17(9-7-16)15(3)22-21(24)20-13-19(12-5-14(20)2)27(25,26)23-18-10-11-18/h5-9,12-13,15,18,23H,4,10-11H2,1-3H3,(H,22,24). The van der Waals surface area contributed by atoms with Crippen LogP contribution < -0.4 is 10.0 Å². The summed E-state index contributed by atoms with van der Waals surface area (Å²) in [6, 6.07) is 12.7. The summed E-state index contributed by atoms with van der Waals surface area (Å²) in [5.74, 6) is -0.275. The molecule has 1 fully saturated rings. The number of carbonyl (C=O) groups is 1. The summed E-state index contributed by atoms with van der Waals surface area (Å²) in [4.78, 5) is 12.9. The molecule has 2 aromatic rings. The van der Waals surface area contributed by atoms with E-state index in [1.165, 1.54) is 11.6 Å². The third kappa shape index (κ3) is 4.76. The van der Waals surface area contributed by atoms with Crippen LogP contribution in [0.15, 0.2) is 47.4 Å². The highest BCUT2D eigenvalue weighted by atomic mass is 32.2. The number of benzene rings is 2. The molecule has 0 bridgehead atoms. The van der Waals surface area contributed by atoms with Gasteiger partial charge < -0.3 is 5.32 Å². The van der Waals surface area contributed by atoms with Crippen molar-refractivity contribution >= 4 is 15.9 Å². The molecule has 1 saturated carbocycles. The zero-order valence-electron chi connectivity index (χ0n) is 16.0. The molecule has 0 saturated heterocycles. The van der Waals surface area contributed by atoms with Gasteiger partial charge in [0.1, 0.15) is 0 Å². The molecule has 1 atom stereocenters. The lowest BCUT2D eigenvalue weighted by Gasteiger charge is -2.16. The van der Waals surface area contributed by atoms with Gasteiger partial charge in [-0.15, -0.1) is 0 Å². The first-order valence-corrected chi connectivity index (χ1v) is 10.8. The Morgan fingerprint density at radius 3 is 2.41 bits per heavy atom. The van der Waals surface area contributed by atoms with Gasteiger partial charge in [-0.1, -0.05) is 37.3 Å². The van der Waals surface area contributed by atoms with E-state index in [-0.39, 0.29) is 22.9 Å². The van der Waals surface area contributed by atoms with Gasteiger partial charge >= 0.3 is 0 Å². The SMILES string of the molecule is CCc1ccc(C(C)NC(=O)c2cc(S(=O)(=O)NC3CC3)ccc2C)cc1. The number of sulfonamides is 1. The van der Waals surface area contributed by atoms with Crippen molar-refractivity contribution in [3.05, 3.63) is 64.7 Å². The monoisotopic (exact) mass is 386 g/mol. The fourth-order valence-corrected chi connectivity index (χ4v) is 4.23. The van der Waals surface area contributed by atoms with Crippen molar-refractivity contribution in [2.45, 2.75) is 57.0 Å². The molecule has 1 aliphatic carbocycles. The number of amides is 1. The Bertz CT molecular complexity index is 932. The van der Waals surface area contributed by atoms with Crippen LogP contribution in [0.1, 0.15) is 59.8 Å². The van der Waals surface area contributed by atoms with E-state index >= 15 is 0 Å². The van der Waals surface area contributed by atoms with Crippen molar-refractivity contribution in [2.75, 3.05) is 0 Å². The van der Waals surface area contributed by atoms with E-state index in [0.717, 1.165) is 30.4 Å². The van der Waals surface area contributed by atoms with Crippen molar-refractivity contribution in [1.29, 1.82) is 0 Å². The number of aryl methyl sites for hydroxylation is 2. The number of carbonyl (C=O) groups excluding carboxylic acids is 1. The predicted molar refractivity (Wildman–Crippen MR) is 106 cm³/mol. The van der Waals surface area contributed by atoms with E-state index in [4.69, 9.17) is 0 Å². The van der Waals surface area contributed by atoms with Crippen LogP contribution in [0.25, 0.3) is 0 Å². The van der Waals surface area contributed by atoms with E-state index in [1.54, 1.807) is 19.1 Å². The lowest BCUT2D eigenvalue weighted by Crippen LogP contribution is -2.29. The zero-order chi connectivity index (χ0) is 19.6. The maximum Gasteiger partial charge on any atom is 0.252 e. The third-order valence-electron chi connectivity index (χ3n) is 4.90. The topological polar surface area (TPSA) is 75.3 Å². The summed E-state index contributed by atoms with van der Waals surface area (Å²) in [5.41, 5.74) is 3.38. The minimum Gasteiger partial charge on any atom is -0.346 e. The lowest BCUT2D eigenvalue weighted by atomic mass is 10.0. The van der Waals surface area contributed by atoms with E-state index in [2.05, 4.69) is 29.1 Å². The second-order valence-electron chi connectivity index (χ2n) is 7.16. The average Bonchev–Trinajstić information content (AvgIpc) is 3.45. The summed E-state index contributed by atoms with van der Waals surface area (Å²) in [5, 5.41) is 2.97. The number of hydrogen-bond acceptors (Lipinski definition) is 3. The van der Waals surface area contributed by atoms with Gasteiger partial charge in [-0.05, 0) is 61.9 Å². The first-order valence-electron chi connectivity index (χ1n) is 9.33. The first-order chi connectivity index (χ1) is 12.8. The molecule has 0 heterocycles. The predicted octanol–water partition coefficient (Wildman–Crippen LogP) is 3.49. The van der Waals surface area contributed by atoms with Crippen LogP contribution in [0.2, 0.25) is 0 Å². The zero-order valence-corrected chi connectivity index (χ0v) is 16.8. The van der Waals surface area contributed by atoms with E-state index < -0.39 is 10.0 Å². The van der Waals surface area contributed by atoms with Crippen LogP contribution in [-0.4, -0.2) is 20.4 Å². The molecule has 5 nitrogen and oxygen atoms in total. The van der Waals surface area contributed by atoms with Gasteiger partial charge in [0.15, 0.2) is 0 Å². The maximum absolute atomic E-state index is 12.8. The molecule has 2 aromatic carbocycles. The molecule has 1 unspecified atom stereocenters. The largest absolute Gasteiger partial charge is 0.346 e. The van der Waals surface area contributed by atoms with Crippen LogP contribution in [-0.2, 0) is 16.4 Å². The Balaban J connectivity index is 1.77. The van der Waals surface area contributed by atoms with Crippen molar-refractivity contribution < 1.29 is 13.2 Å². The minimum atomic E-state index is -3.59. The van der Waals surface area contributed by atoms with Crippen molar-refractivity contribution in [1.82, 2.24) is 10.0 Å². The molecule has 3 rings (SSSR count). The molecule has 0 aliphatic heterocycles. The molecule has 1 amide bonds. The van der Waals surface area contributed by atoms with Crippen molar-refractivity contribution in [3.63, 3.8) is 0 Å². The number of nitrogens with one attached hydrogen (secondary N) is 2. The third-order valence-corrected chi connectivity index (χ3v) is 6.42. The minimum absolute atomic E-state index is 0.0275. The average molecular weight is 387 g/mol. The van der Waals surface area contributed by atoms with Crippen LogP contribution in [0.3, 0.4) is 0 Å². The summed E-state index contributed by atoms with van der Waals surface area (Å²) in [6.07, 6.45) is 2.70. The Morgan fingerprint density at radius 1 is 1.15 bits per heavy atom. The highest BCUT2D eigenvalue weighted by molar-refractivity contribution is 7.89. The highest BCUT2D eigenvalue weighted by Gasteiger charge is 2.28. The van der Waals surface area contributed by atoms with Crippen LogP contribution >= 0.6 is 0 Å². The Labute approximate surface area is 161 Å². The molecule has 27 heavy (non-hydrogen) atoms. The van der Waals surface area contributed by atoms with Crippen LogP contribution in [0, 0.1) is 6.92 Å². The Hall–Kier alpha value is -2.18. The van der Waals surface area contributed by atoms with Crippen molar-refractivity contribution in [2.24, 2.45) is 0 Å². The second kappa shape index (κ2) is 7.82. The molecule has 144 valence electrons. The summed E-state index contributed by atoms with van der Waals surface area (Å²) in [7, 11) is -3.59. The van der Waals surface area contributed by atoms with Crippen molar-refractivity contribution in [3.8, 4) is 0 Å². The molecular weight excluding hydrogens is 360 g/mol. The lowest BCUT2D eigenvalue weighted by molar-refractivity contribution is 0.0939. The van der Waals surface area contributed by atoms with Crippen LogP contribution in [0.4, 0.5) is 0 Å². The smallest absolute Gasteiger partial charge is 0.252 e. The quantitative estimate of drug-likeness (QED) is 0.765. The van der Waals surface area contributed by atoms with Gasteiger partial charge in [-0.2, -0.15) is 0 Å². The van der Waals surface area contributed by atoms with Gasteiger partial charge in [0.2, 0.25) is 10.0 Å². The molecule has 2 N–H and O–H groups in total. The molecule has 0 radical (unpaired) electrons. The Kier molecular flexibility index (Phi) is 5.67. The number of rotatable bonds is 7. The van der Waals surface area contributed by atoms with Crippen LogP contribution in [0.5, 0.6) is 0 Å². The molecule has 6 heteroatoms. The molecule has 0 aromatic heterocycles. The molecule has 1 aliphatic rings. The number of hydrogen-bond donors (Lipinski definition) is 2. The van der Waals surface area contributed by atoms with Gasteiger partial charge in [0.25, 0.3) is 5.91 Å². The van der Waals surface area contributed by atoms with E-state index in [0.29, 0.717) is 5.56 Å². The van der Waals surface area contributed by atoms with E-state index in [9.17, 15) is 13.2 Å². The Morgan fingerprint density at radius 2 is 1.81 bits per heavy atom. The van der Waals surface area contributed by atoms with Gasteiger partial charge in [0, 0.05) is 11.6 Å². The first kappa shape index (κ1) is 19.6. The summed E-state index contributed by atoms with van der Waals surface area (Å²) in [6.45, 7) is 5.83. The maximum atomic E-state index is 12.8. The normalized spacial score (nSPS) is 15.4. The second-order valence-corrected chi connectivity index (χ2v) is 8.88. The van der Waals surface area contributed by atoms with Gasteiger partial charge in [-0.3, -0.25) is 4.79 Å². The summed E-state index contributed by atoms with van der Waals surface area (Å²) < 4.78 is 27.5. The molecule has 0 spiro atoms. The van der Waals surface area contributed by atoms with Gasteiger partial charge in [-0.25, -0.2) is 13.1 Å². The fourth-order valence-electron chi connectivity index (χ4n) is 2.90.